The molecule has 0 saturated carbocycles. The summed E-state index contributed by atoms with van der Waals surface area (Å²) < 4.78 is 40.8. The number of rotatable bonds is 14. The number of carbonyl (C=O) groups excluding carboxylic acids is 2. The highest BCUT2D eigenvalue weighted by Crippen LogP contribution is 2.40. The third-order valence-corrected chi connectivity index (χ3v) is 12.9. The van der Waals surface area contributed by atoms with Crippen molar-refractivity contribution in [3.8, 4) is 11.5 Å². The van der Waals surface area contributed by atoms with Crippen LogP contribution >= 0.6 is 34.3 Å². The molecule has 4 aromatic carbocycles. The molecule has 2 aromatic heterocycles. The molecule has 2 aliphatic heterocycles. The molecule has 17 heteroatoms. The van der Waals surface area contributed by atoms with Gasteiger partial charge in [0.1, 0.15) is 22.5 Å². The maximum Gasteiger partial charge on any atom is 0.257 e. The first-order valence-corrected chi connectivity index (χ1v) is 22.7. The lowest BCUT2D eigenvalue weighted by Gasteiger charge is -2.16. The quantitative estimate of drug-likeness (QED) is 0.101. The topological polar surface area (TPSA) is 152 Å². The van der Waals surface area contributed by atoms with Crippen LogP contribution in [0, 0.1) is 0 Å². The lowest BCUT2D eigenvalue weighted by Crippen LogP contribution is -2.22. The second-order valence-corrected chi connectivity index (χ2v) is 17.2. The lowest BCUT2D eigenvalue weighted by atomic mass is 10.0. The van der Waals surface area contributed by atoms with Crippen LogP contribution in [0.15, 0.2) is 72.8 Å². The highest BCUT2D eigenvalue weighted by Gasteiger charge is 2.24. The molecule has 0 spiro atoms. The highest BCUT2D eigenvalue weighted by molar-refractivity contribution is 7.23. The van der Waals surface area contributed by atoms with Gasteiger partial charge in [0.15, 0.2) is 10.3 Å². The number of nitrogens with one attached hydrogen (secondary N) is 2. The first-order chi connectivity index (χ1) is 30.8. The molecular formula is C46H52ClN5O9S2. The average molecular weight is 919 g/mol. The van der Waals surface area contributed by atoms with Crippen molar-refractivity contribution in [2.24, 2.45) is 0 Å². The Morgan fingerprint density at radius 2 is 1.10 bits per heavy atom. The minimum atomic E-state index is -0.216. The van der Waals surface area contributed by atoms with E-state index in [1.54, 1.807) is 33.5 Å². The predicted molar refractivity (Wildman–Crippen MR) is 248 cm³/mol. The number of anilines is 2. The third kappa shape index (κ3) is 11.9. The summed E-state index contributed by atoms with van der Waals surface area (Å²) in [5.41, 5.74) is 6.88. The van der Waals surface area contributed by atoms with E-state index in [0.29, 0.717) is 98.2 Å². The van der Waals surface area contributed by atoms with E-state index in [2.05, 4.69) is 25.5 Å². The number of halogens is 1. The van der Waals surface area contributed by atoms with Crippen LogP contribution in [-0.4, -0.2) is 121 Å². The Labute approximate surface area is 379 Å². The van der Waals surface area contributed by atoms with Crippen molar-refractivity contribution in [1.82, 2.24) is 14.9 Å². The maximum absolute atomic E-state index is 12.9. The van der Waals surface area contributed by atoms with E-state index >= 15 is 0 Å². The van der Waals surface area contributed by atoms with Gasteiger partial charge in [-0.1, -0.05) is 59.1 Å². The molecule has 2 N–H and O–H groups in total. The van der Waals surface area contributed by atoms with Gasteiger partial charge in [-0.05, 0) is 65.7 Å². The van der Waals surface area contributed by atoms with E-state index < -0.39 is 0 Å². The van der Waals surface area contributed by atoms with Crippen molar-refractivity contribution in [3.63, 3.8) is 0 Å². The Morgan fingerprint density at radius 1 is 0.667 bits per heavy atom. The van der Waals surface area contributed by atoms with Crippen LogP contribution in [0.3, 0.4) is 0 Å². The molecule has 334 valence electrons. The van der Waals surface area contributed by atoms with E-state index in [4.69, 9.17) is 44.8 Å². The Kier molecular flexibility index (Phi) is 16.7. The molecule has 6 aromatic rings. The second kappa shape index (κ2) is 22.7. The number of alkyl halides is 1. The lowest BCUT2D eigenvalue weighted by molar-refractivity contribution is 0.101. The van der Waals surface area contributed by atoms with E-state index in [9.17, 15) is 9.59 Å². The second-order valence-electron chi connectivity index (χ2n) is 15.0. The summed E-state index contributed by atoms with van der Waals surface area (Å²) in [6, 6.07) is 22.7. The number of ether oxygens (including phenoxy) is 7. The monoisotopic (exact) mass is 917 g/mol. The smallest absolute Gasteiger partial charge is 0.257 e. The number of hydrogen-bond donors (Lipinski definition) is 2. The Balaban J connectivity index is 0.000000191. The van der Waals surface area contributed by atoms with Gasteiger partial charge in [-0.3, -0.25) is 25.1 Å². The summed E-state index contributed by atoms with van der Waals surface area (Å²) >= 11 is 8.69. The number of likely N-dealkylation sites (N-methyl/N-ethyl adjacent to an activating group) is 1. The van der Waals surface area contributed by atoms with Crippen LogP contribution in [0.1, 0.15) is 54.8 Å². The van der Waals surface area contributed by atoms with Gasteiger partial charge in [0.25, 0.3) is 11.8 Å². The van der Waals surface area contributed by atoms with E-state index in [1.807, 2.05) is 67.7 Å². The first kappa shape index (κ1) is 46.2. The number of methoxy groups -OCH3 is 3. The van der Waals surface area contributed by atoms with E-state index in [1.165, 1.54) is 22.7 Å². The van der Waals surface area contributed by atoms with Gasteiger partial charge in [-0.15, -0.1) is 11.6 Å². The molecule has 0 radical (unpaired) electrons. The average Bonchev–Trinajstić information content (AvgIpc) is 3.68. The van der Waals surface area contributed by atoms with Crippen LogP contribution in [0.4, 0.5) is 10.3 Å². The Hall–Kier alpha value is -4.75. The highest BCUT2D eigenvalue weighted by atomic mass is 35.5. The molecule has 0 aliphatic carbocycles. The zero-order valence-electron chi connectivity index (χ0n) is 35.8. The fourth-order valence-electron chi connectivity index (χ4n) is 7.16. The zero-order valence-corrected chi connectivity index (χ0v) is 38.2. The Morgan fingerprint density at radius 3 is 1.49 bits per heavy atom. The summed E-state index contributed by atoms with van der Waals surface area (Å²) in [6.07, 6.45) is 0. The Bertz CT molecular complexity index is 2430. The van der Waals surface area contributed by atoms with E-state index in [-0.39, 0.29) is 23.7 Å². The molecule has 2 amide bonds. The van der Waals surface area contributed by atoms with Gasteiger partial charge in [0.2, 0.25) is 0 Å². The summed E-state index contributed by atoms with van der Waals surface area (Å²) in [5.74, 6) is 1.56. The first-order valence-electron chi connectivity index (χ1n) is 20.6. The normalized spacial score (nSPS) is 15.1. The molecular weight excluding hydrogens is 866 g/mol. The molecule has 14 nitrogen and oxygen atoms in total. The number of thiazole rings is 2. The van der Waals surface area contributed by atoms with Crippen LogP contribution in [-0.2, 0) is 36.1 Å². The zero-order chi connectivity index (χ0) is 44.1. The molecule has 0 bridgehead atoms. The van der Waals surface area contributed by atoms with Crippen molar-refractivity contribution >= 4 is 76.8 Å². The van der Waals surface area contributed by atoms with Crippen LogP contribution in [0.25, 0.3) is 20.4 Å². The maximum atomic E-state index is 12.9. The fourth-order valence-corrected chi connectivity index (χ4v) is 9.48. The largest absolute Gasteiger partial charge is 0.494 e. The number of hydrogen-bond acceptors (Lipinski definition) is 14. The summed E-state index contributed by atoms with van der Waals surface area (Å²) in [5, 5.41) is 6.90. The van der Waals surface area contributed by atoms with Gasteiger partial charge in [-0.2, -0.15) is 0 Å². The van der Waals surface area contributed by atoms with Crippen LogP contribution < -0.4 is 20.1 Å². The number of aromatic nitrogens is 2. The number of benzene rings is 4. The standard InChI is InChI=1S/C25H31N3O5S.C21H21ClN2O4S/c1-28(10-11-30-2)14-17-4-6-18(7-5-17)24(29)27-25-26-22-21(31-3)9-8-20(23(22)34-25)19-15-32-12-13-33-16-19;1-26-17-7-6-16(15-11-27-8-9-28-12-15)19-18(17)23-21(29-19)24-20(25)14-4-2-13(10-22)3-5-14/h4-9,19H,10-16H2,1-3H3,(H,26,27,29);2-7,15H,8-12H2,1H3,(H,23,24,25). The molecule has 2 saturated heterocycles. The summed E-state index contributed by atoms with van der Waals surface area (Å²) in [7, 11) is 6.98. The van der Waals surface area contributed by atoms with Gasteiger partial charge in [-0.25, -0.2) is 9.97 Å². The number of carbonyl (C=O) groups is 2. The number of fused-ring (bicyclic) bond motifs is 2. The van der Waals surface area contributed by atoms with Crippen molar-refractivity contribution in [3.05, 3.63) is 106 Å². The van der Waals surface area contributed by atoms with Gasteiger partial charge >= 0.3 is 0 Å². The predicted octanol–water partition coefficient (Wildman–Crippen LogP) is 8.19. The molecule has 8 rings (SSSR count). The molecule has 63 heavy (non-hydrogen) atoms. The van der Waals surface area contributed by atoms with Crippen LogP contribution in [0.5, 0.6) is 11.5 Å². The van der Waals surface area contributed by atoms with Gasteiger partial charge in [0, 0.05) is 49.0 Å². The molecule has 2 aliphatic rings. The molecule has 0 unspecified atom stereocenters. The van der Waals surface area contributed by atoms with E-state index in [0.717, 1.165) is 55.8 Å². The van der Waals surface area contributed by atoms with Gasteiger partial charge in [0.05, 0.1) is 83.1 Å². The van der Waals surface area contributed by atoms with Crippen molar-refractivity contribution < 1.29 is 42.7 Å². The SMILES string of the molecule is COCCN(C)Cc1ccc(C(=O)Nc2nc3c(OC)ccc(C4COCCOC4)c3s2)cc1.COc1ccc(C2COCCOC2)c2sc(NC(=O)c3ccc(CCl)cc3)nc12. The molecule has 2 fully saturated rings. The third-order valence-electron chi connectivity index (χ3n) is 10.6. The molecule has 4 heterocycles. The summed E-state index contributed by atoms with van der Waals surface area (Å²) in [6.45, 7) is 7.09. The summed E-state index contributed by atoms with van der Waals surface area (Å²) in [4.78, 5) is 37.0. The minimum absolute atomic E-state index is 0.106. The number of nitrogens with zero attached hydrogens (tertiary/aromatic N) is 3. The molecule has 0 atom stereocenters. The van der Waals surface area contributed by atoms with Gasteiger partial charge < -0.3 is 33.2 Å². The number of amides is 2. The van der Waals surface area contributed by atoms with Crippen molar-refractivity contribution in [2.75, 3.05) is 105 Å². The van der Waals surface area contributed by atoms with Crippen molar-refractivity contribution in [2.45, 2.75) is 24.3 Å². The van der Waals surface area contributed by atoms with Crippen LogP contribution in [0.2, 0.25) is 0 Å². The van der Waals surface area contributed by atoms with Crippen molar-refractivity contribution in [1.29, 1.82) is 0 Å². The minimum Gasteiger partial charge on any atom is -0.494 e. The fraction of sp³-hybridized carbons (Fsp3) is 0.391.